The molecule has 12 heavy (non-hydrogen) atoms. The van der Waals surface area contributed by atoms with Gasteiger partial charge in [0.15, 0.2) is 0 Å². The van der Waals surface area contributed by atoms with Crippen LogP contribution in [0.3, 0.4) is 0 Å². The summed E-state index contributed by atoms with van der Waals surface area (Å²) in [6.45, 7) is 1.07. The number of hydrogen-bond donors (Lipinski definition) is 0. The molecule has 3 aliphatic heterocycles. The minimum Gasteiger partial charge on any atom is -0.343 e. The normalized spacial score (nSPS) is 16.5. The smallest absolute Gasteiger partial charge is 0.0482 e. The van der Waals surface area contributed by atoms with Gasteiger partial charge >= 0.3 is 0 Å². The van der Waals surface area contributed by atoms with Crippen molar-refractivity contribution in [3.63, 3.8) is 0 Å². The molecule has 6 bridgehead atoms. The second-order valence-electron chi connectivity index (χ2n) is 3.65. The first-order valence-corrected chi connectivity index (χ1v) is 4.25. The summed E-state index contributed by atoms with van der Waals surface area (Å²) >= 11 is 0. The summed E-state index contributed by atoms with van der Waals surface area (Å²) in [6.07, 6.45) is 2.25. The third-order valence-electron chi connectivity index (χ3n) is 2.92. The van der Waals surface area contributed by atoms with Crippen molar-refractivity contribution in [3.8, 4) is 0 Å². The Kier molecular flexibility index (Phi) is 0.587. The summed E-state index contributed by atoms with van der Waals surface area (Å²) in [5, 5.41) is 4.20. The molecule has 0 atom stereocenters. The molecule has 0 fully saturated rings. The lowest BCUT2D eigenvalue weighted by atomic mass is 9.95. The molecule has 0 radical (unpaired) electrons. The van der Waals surface area contributed by atoms with Gasteiger partial charge in [0.25, 0.3) is 0 Å². The highest BCUT2D eigenvalue weighted by molar-refractivity contribution is 5.89. The van der Waals surface area contributed by atoms with Crippen molar-refractivity contribution in [1.29, 1.82) is 0 Å². The monoisotopic (exact) mass is 153 g/mol. The maximum absolute atomic E-state index is 2.32. The van der Waals surface area contributed by atoms with Crippen molar-refractivity contribution in [2.45, 2.75) is 6.54 Å². The lowest BCUT2D eigenvalue weighted by Gasteiger charge is -2.31. The fourth-order valence-corrected chi connectivity index (χ4v) is 2.30. The summed E-state index contributed by atoms with van der Waals surface area (Å²) in [6, 6.07) is 9.14. The first-order chi connectivity index (χ1) is 5.90. The summed E-state index contributed by atoms with van der Waals surface area (Å²) in [5.74, 6) is 0. The van der Waals surface area contributed by atoms with Gasteiger partial charge in [-0.05, 0) is 45.8 Å². The molecule has 2 aromatic rings. The molecule has 0 saturated carbocycles. The molecule has 56 valence electrons. The molecule has 0 unspecified atom stereocenters. The SMILES string of the molecule is C1=c2cc3c4cc(cc2c4)N1C3. The highest BCUT2D eigenvalue weighted by Crippen LogP contribution is 2.32. The molecular weight excluding hydrogens is 146 g/mol. The van der Waals surface area contributed by atoms with Gasteiger partial charge in [-0.25, -0.2) is 0 Å². The Morgan fingerprint density at radius 2 is 1.92 bits per heavy atom. The van der Waals surface area contributed by atoms with Crippen LogP contribution in [0.5, 0.6) is 0 Å². The van der Waals surface area contributed by atoms with Crippen molar-refractivity contribution in [2.24, 2.45) is 0 Å². The van der Waals surface area contributed by atoms with E-state index in [1.165, 1.54) is 27.2 Å². The van der Waals surface area contributed by atoms with E-state index in [2.05, 4.69) is 35.4 Å². The zero-order valence-electron chi connectivity index (χ0n) is 6.54. The average molecular weight is 153 g/mol. The van der Waals surface area contributed by atoms with Crippen LogP contribution in [-0.4, -0.2) is 0 Å². The molecule has 3 heterocycles. The van der Waals surface area contributed by atoms with Crippen molar-refractivity contribution in [2.75, 3.05) is 4.90 Å². The van der Waals surface area contributed by atoms with E-state index in [0.717, 1.165) is 6.54 Å². The lowest BCUT2D eigenvalue weighted by Crippen LogP contribution is -2.29. The predicted octanol–water partition coefficient (Wildman–Crippen LogP) is 1.63. The molecule has 0 saturated heterocycles. The molecule has 0 N–H and O–H groups in total. The summed E-state index contributed by atoms with van der Waals surface area (Å²) in [5.41, 5.74) is 2.84. The van der Waals surface area contributed by atoms with Crippen LogP contribution in [0.1, 0.15) is 5.56 Å². The van der Waals surface area contributed by atoms with Crippen molar-refractivity contribution in [1.82, 2.24) is 0 Å². The van der Waals surface area contributed by atoms with Crippen LogP contribution in [-0.2, 0) is 6.54 Å². The maximum Gasteiger partial charge on any atom is 0.0482 e. The van der Waals surface area contributed by atoms with Crippen LogP contribution in [0.25, 0.3) is 17.0 Å². The molecule has 0 aromatic heterocycles. The third-order valence-corrected chi connectivity index (χ3v) is 2.92. The molecule has 3 aliphatic rings. The van der Waals surface area contributed by atoms with E-state index in [1.54, 1.807) is 0 Å². The summed E-state index contributed by atoms with van der Waals surface area (Å²) < 4.78 is 0. The molecule has 1 heteroatoms. The fraction of sp³-hybridized carbons (Fsp3) is 0.0909. The predicted molar refractivity (Wildman–Crippen MR) is 49.8 cm³/mol. The number of nitrogens with zero attached hydrogens (tertiary/aromatic N) is 1. The zero-order chi connectivity index (χ0) is 7.71. The van der Waals surface area contributed by atoms with Crippen LogP contribution >= 0.6 is 0 Å². The Labute approximate surface area is 69.9 Å². The van der Waals surface area contributed by atoms with Gasteiger partial charge in [0, 0.05) is 18.4 Å². The molecule has 2 aromatic carbocycles. The van der Waals surface area contributed by atoms with E-state index in [4.69, 9.17) is 0 Å². The van der Waals surface area contributed by atoms with E-state index in [0.29, 0.717) is 0 Å². The topological polar surface area (TPSA) is 3.24 Å². The molecule has 0 spiro atoms. The molecule has 0 amide bonds. The van der Waals surface area contributed by atoms with Gasteiger partial charge in [0.1, 0.15) is 0 Å². The zero-order valence-corrected chi connectivity index (χ0v) is 6.54. The number of hydrogen-bond acceptors (Lipinski definition) is 1. The third kappa shape index (κ3) is 0.402. The number of rotatable bonds is 0. The van der Waals surface area contributed by atoms with Crippen LogP contribution in [0, 0.1) is 0 Å². The number of benzene rings is 2. The highest BCUT2D eigenvalue weighted by Gasteiger charge is 2.19. The van der Waals surface area contributed by atoms with Crippen LogP contribution in [0.2, 0.25) is 0 Å². The van der Waals surface area contributed by atoms with Gasteiger partial charge in [-0.15, -0.1) is 0 Å². The largest absolute Gasteiger partial charge is 0.343 e. The minimum atomic E-state index is 1.07. The Hall–Kier alpha value is -1.50. The van der Waals surface area contributed by atoms with Gasteiger partial charge < -0.3 is 4.90 Å². The summed E-state index contributed by atoms with van der Waals surface area (Å²) in [7, 11) is 0. The Balaban J connectivity index is 2.54. The van der Waals surface area contributed by atoms with Gasteiger partial charge in [0.2, 0.25) is 0 Å². The van der Waals surface area contributed by atoms with E-state index in [-0.39, 0.29) is 0 Å². The van der Waals surface area contributed by atoms with E-state index in [9.17, 15) is 0 Å². The quantitative estimate of drug-likeness (QED) is 0.556. The standard InChI is InChI=1S/C11H7N/c1-7-3-11-4-8(1)10-2-9(7)5-12(11)6-10/h1-5H,6H2. The molecule has 5 rings (SSSR count). The van der Waals surface area contributed by atoms with Gasteiger partial charge in [0.05, 0.1) is 0 Å². The fourth-order valence-electron chi connectivity index (χ4n) is 2.30. The van der Waals surface area contributed by atoms with Gasteiger partial charge in [-0.1, -0.05) is 0 Å². The lowest BCUT2D eigenvalue weighted by molar-refractivity contribution is 0.976. The highest BCUT2D eigenvalue weighted by atomic mass is 15.1. The minimum absolute atomic E-state index is 1.07. The first-order valence-electron chi connectivity index (χ1n) is 4.25. The molecule has 0 aliphatic carbocycles. The molecular formula is C11H7N. The van der Waals surface area contributed by atoms with Crippen LogP contribution < -0.4 is 10.1 Å². The van der Waals surface area contributed by atoms with Crippen molar-refractivity contribution < 1.29 is 0 Å². The Bertz CT molecular complexity index is 554. The second-order valence-corrected chi connectivity index (χ2v) is 3.65. The Morgan fingerprint density at radius 1 is 1.00 bits per heavy atom. The van der Waals surface area contributed by atoms with E-state index in [1.807, 2.05) is 0 Å². The summed E-state index contributed by atoms with van der Waals surface area (Å²) in [4.78, 5) is 2.32. The number of anilines is 1. The van der Waals surface area contributed by atoms with E-state index < -0.39 is 0 Å². The van der Waals surface area contributed by atoms with E-state index >= 15 is 0 Å². The van der Waals surface area contributed by atoms with Crippen molar-refractivity contribution >= 4 is 22.7 Å². The molecule has 1 nitrogen and oxygen atoms in total. The average Bonchev–Trinajstić information content (AvgIpc) is 2.12. The van der Waals surface area contributed by atoms with Gasteiger partial charge in [-0.2, -0.15) is 0 Å². The van der Waals surface area contributed by atoms with Crippen LogP contribution in [0.15, 0.2) is 24.3 Å². The first kappa shape index (κ1) is 5.20. The maximum atomic E-state index is 2.32. The van der Waals surface area contributed by atoms with Gasteiger partial charge in [-0.3, -0.25) is 0 Å². The van der Waals surface area contributed by atoms with Crippen molar-refractivity contribution in [3.05, 3.63) is 35.0 Å². The van der Waals surface area contributed by atoms with Crippen LogP contribution in [0.4, 0.5) is 5.69 Å². The Morgan fingerprint density at radius 3 is 2.92 bits per heavy atom. The second kappa shape index (κ2) is 1.36.